The monoisotopic (exact) mass is 458 g/mol. The zero-order valence-corrected chi connectivity index (χ0v) is 20.1. The maximum atomic E-state index is 12.8. The van der Waals surface area contributed by atoms with Gasteiger partial charge in [-0.15, -0.1) is 0 Å². The van der Waals surface area contributed by atoms with Gasteiger partial charge in [-0.1, -0.05) is 56.3 Å². The minimum absolute atomic E-state index is 0.0327. The van der Waals surface area contributed by atoms with Crippen molar-refractivity contribution in [2.24, 2.45) is 10.7 Å². The number of aliphatic imine (C=N–C) groups is 1. The Morgan fingerprint density at radius 1 is 1.09 bits per heavy atom. The average Bonchev–Trinajstić information content (AvgIpc) is 3.42. The fourth-order valence-corrected chi connectivity index (χ4v) is 3.98. The molecule has 1 aromatic heterocycles. The van der Waals surface area contributed by atoms with E-state index in [2.05, 4.69) is 9.98 Å². The van der Waals surface area contributed by atoms with Gasteiger partial charge >= 0.3 is 5.97 Å². The van der Waals surface area contributed by atoms with Crippen LogP contribution in [-0.2, 0) is 14.3 Å². The smallest absolute Gasteiger partial charge is 0.340 e. The Morgan fingerprint density at radius 3 is 2.32 bits per heavy atom. The van der Waals surface area contributed by atoms with E-state index in [4.69, 9.17) is 15.2 Å². The number of nitrogens with two attached hydrogens (primary N) is 1. The molecule has 0 saturated heterocycles. The van der Waals surface area contributed by atoms with E-state index in [1.54, 1.807) is 19.6 Å². The van der Waals surface area contributed by atoms with Gasteiger partial charge in [-0.3, -0.25) is 4.99 Å². The summed E-state index contributed by atoms with van der Waals surface area (Å²) >= 11 is 0. The molecule has 4 rings (SSSR count). The van der Waals surface area contributed by atoms with E-state index in [0.717, 1.165) is 28.1 Å². The molecule has 7 heteroatoms. The highest BCUT2D eigenvalue weighted by Crippen LogP contribution is 2.41. The number of benzene rings is 2. The molecule has 1 atom stereocenters. The van der Waals surface area contributed by atoms with Crippen molar-refractivity contribution in [2.75, 3.05) is 14.2 Å². The predicted molar refractivity (Wildman–Crippen MR) is 134 cm³/mol. The Labute approximate surface area is 200 Å². The van der Waals surface area contributed by atoms with Crippen molar-refractivity contribution in [3.8, 4) is 5.69 Å². The van der Waals surface area contributed by atoms with Gasteiger partial charge in [0.1, 0.15) is 11.3 Å². The van der Waals surface area contributed by atoms with Crippen molar-refractivity contribution in [2.45, 2.75) is 26.7 Å². The van der Waals surface area contributed by atoms with Gasteiger partial charge < -0.3 is 19.8 Å². The molecule has 0 fully saturated rings. The van der Waals surface area contributed by atoms with Crippen LogP contribution >= 0.6 is 0 Å². The summed E-state index contributed by atoms with van der Waals surface area (Å²) in [6.45, 7) is 5.83. The topological polar surface area (TPSA) is 91.7 Å². The van der Waals surface area contributed by atoms with Crippen LogP contribution in [0, 0.1) is 0 Å². The minimum atomic E-state index is -0.542. The van der Waals surface area contributed by atoms with Crippen LogP contribution in [0.25, 0.3) is 5.69 Å². The summed E-state index contributed by atoms with van der Waals surface area (Å²) in [7, 11) is 3.06. The van der Waals surface area contributed by atoms with Crippen LogP contribution in [0.2, 0.25) is 0 Å². The molecule has 176 valence electrons. The molecule has 1 unspecified atom stereocenters. The molecule has 2 aromatic carbocycles. The molecule has 7 nitrogen and oxygen atoms in total. The first-order valence-electron chi connectivity index (χ1n) is 11.1. The quantitative estimate of drug-likeness (QED) is 0.440. The van der Waals surface area contributed by atoms with Crippen LogP contribution in [0.4, 0.5) is 0 Å². The van der Waals surface area contributed by atoms with E-state index in [-0.39, 0.29) is 11.5 Å². The molecule has 2 heterocycles. The highest BCUT2D eigenvalue weighted by atomic mass is 16.5. The molecule has 0 amide bonds. The summed E-state index contributed by atoms with van der Waals surface area (Å²) in [4.78, 5) is 21.5. The predicted octanol–water partition coefficient (Wildman–Crippen LogP) is 4.75. The van der Waals surface area contributed by atoms with Crippen LogP contribution < -0.4 is 5.73 Å². The number of hydrogen-bond donors (Lipinski definition) is 1. The van der Waals surface area contributed by atoms with E-state index in [9.17, 15) is 4.79 Å². The third-order valence-electron chi connectivity index (χ3n) is 5.45. The summed E-state index contributed by atoms with van der Waals surface area (Å²) < 4.78 is 12.8. The van der Waals surface area contributed by atoms with E-state index in [1.165, 1.54) is 7.11 Å². The third-order valence-corrected chi connectivity index (χ3v) is 5.45. The van der Waals surface area contributed by atoms with Crippen LogP contribution in [-0.4, -0.2) is 35.4 Å². The van der Waals surface area contributed by atoms with Gasteiger partial charge in [0.2, 0.25) is 5.88 Å². The first-order chi connectivity index (χ1) is 16.5. The molecule has 3 aromatic rings. The lowest BCUT2D eigenvalue weighted by Crippen LogP contribution is -2.29. The number of allylic oxidation sites excluding steroid dienone is 2. The fraction of sp³-hybridized carbons (Fsp3) is 0.222. The number of ether oxygens (including phenoxy) is 2. The number of aromatic nitrogens is 2. The standard InChI is InChI=1S/C25H24N4O3.C2H6/c1-16-20(23(27-2)18-7-5-4-6-8-18)21(22(24(26)32-16)25(30)31-3)17-9-11-19(12-10-17)29-14-13-28-15-29;1-2/h4-15,21H,26H2,1-3H3;1-2H3. The first kappa shape index (κ1) is 24.5. The number of nitrogens with zero attached hydrogens (tertiary/aromatic N) is 3. The summed E-state index contributed by atoms with van der Waals surface area (Å²) in [6.07, 6.45) is 5.32. The van der Waals surface area contributed by atoms with Crippen LogP contribution in [0.1, 0.15) is 37.8 Å². The zero-order valence-electron chi connectivity index (χ0n) is 20.1. The average molecular weight is 459 g/mol. The van der Waals surface area contributed by atoms with Crippen molar-refractivity contribution in [3.05, 3.63) is 107 Å². The first-order valence-corrected chi connectivity index (χ1v) is 11.1. The van der Waals surface area contributed by atoms with E-state index < -0.39 is 11.9 Å². The Hall–Kier alpha value is -4.13. The SMILES string of the molecule is CC.CN=C(C1=C(C)OC(N)=C(C(=O)OC)C1c1ccc(-n2ccnc2)cc1)c1ccccc1. The molecule has 0 saturated carbocycles. The molecule has 34 heavy (non-hydrogen) atoms. The zero-order chi connectivity index (χ0) is 24.7. The van der Waals surface area contributed by atoms with Crippen molar-refractivity contribution in [1.29, 1.82) is 0 Å². The van der Waals surface area contributed by atoms with Gasteiger partial charge in [0.25, 0.3) is 0 Å². The summed E-state index contributed by atoms with van der Waals surface area (Å²) in [6, 6.07) is 17.6. The number of esters is 1. The largest absolute Gasteiger partial charge is 0.465 e. The molecule has 0 spiro atoms. The second-order valence-electron chi connectivity index (χ2n) is 7.27. The second-order valence-corrected chi connectivity index (χ2v) is 7.27. The van der Waals surface area contributed by atoms with Crippen LogP contribution in [0.15, 0.2) is 101 Å². The molecule has 0 aliphatic carbocycles. The number of carbonyl (C=O) groups excluding carboxylic acids is 1. The van der Waals surface area contributed by atoms with Crippen molar-refractivity contribution < 1.29 is 14.3 Å². The summed E-state index contributed by atoms with van der Waals surface area (Å²) in [5, 5.41) is 0. The lowest BCUT2D eigenvalue weighted by Gasteiger charge is -2.30. The van der Waals surface area contributed by atoms with Gasteiger partial charge in [-0.05, 0) is 24.6 Å². The molecule has 1 aliphatic rings. The van der Waals surface area contributed by atoms with E-state index in [0.29, 0.717) is 5.76 Å². The minimum Gasteiger partial charge on any atom is -0.465 e. The fourth-order valence-electron chi connectivity index (χ4n) is 3.98. The van der Waals surface area contributed by atoms with Gasteiger partial charge in [0, 0.05) is 36.3 Å². The van der Waals surface area contributed by atoms with E-state index in [1.807, 2.05) is 86.1 Å². The molecule has 0 radical (unpaired) electrons. The highest BCUT2D eigenvalue weighted by Gasteiger charge is 2.38. The van der Waals surface area contributed by atoms with E-state index >= 15 is 0 Å². The lowest BCUT2D eigenvalue weighted by atomic mass is 9.79. The Morgan fingerprint density at radius 2 is 1.76 bits per heavy atom. The summed E-state index contributed by atoms with van der Waals surface area (Å²) in [5.41, 5.74) is 10.7. The highest BCUT2D eigenvalue weighted by molar-refractivity contribution is 6.15. The maximum absolute atomic E-state index is 12.8. The second kappa shape index (κ2) is 11.1. The van der Waals surface area contributed by atoms with Crippen molar-refractivity contribution >= 4 is 11.7 Å². The number of carbonyl (C=O) groups is 1. The van der Waals surface area contributed by atoms with Gasteiger partial charge in [-0.2, -0.15) is 0 Å². The van der Waals surface area contributed by atoms with Gasteiger partial charge in [0.05, 0.1) is 25.1 Å². The number of hydrogen-bond acceptors (Lipinski definition) is 6. The third kappa shape index (κ3) is 4.78. The number of methoxy groups -OCH3 is 1. The number of rotatable bonds is 5. The van der Waals surface area contributed by atoms with Crippen molar-refractivity contribution in [3.63, 3.8) is 0 Å². The van der Waals surface area contributed by atoms with Gasteiger partial charge in [-0.25, -0.2) is 9.78 Å². The normalized spacial score (nSPS) is 15.9. The Balaban J connectivity index is 0.00000158. The molecule has 1 aliphatic heterocycles. The van der Waals surface area contributed by atoms with Crippen molar-refractivity contribution in [1.82, 2.24) is 9.55 Å². The Bertz CT molecular complexity index is 1210. The Kier molecular flexibility index (Phi) is 8.03. The van der Waals surface area contributed by atoms with Crippen LogP contribution in [0.5, 0.6) is 0 Å². The molecule has 0 bridgehead atoms. The van der Waals surface area contributed by atoms with Gasteiger partial charge in [0.15, 0.2) is 0 Å². The summed E-state index contributed by atoms with van der Waals surface area (Å²) in [5.74, 6) is -0.430. The lowest BCUT2D eigenvalue weighted by molar-refractivity contribution is -0.136. The molecule has 2 N–H and O–H groups in total. The molecular weight excluding hydrogens is 428 g/mol. The number of imidazole rings is 1. The van der Waals surface area contributed by atoms with Crippen LogP contribution in [0.3, 0.4) is 0 Å². The molecular formula is C27H30N4O3. The maximum Gasteiger partial charge on any atom is 0.340 e.